The summed E-state index contributed by atoms with van der Waals surface area (Å²) < 4.78 is 11.2. The number of nitrogens with zero attached hydrogens (tertiary/aromatic N) is 3. The summed E-state index contributed by atoms with van der Waals surface area (Å²) in [5, 5.41) is 9.87. The van der Waals surface area contributed by atoms with Crippen molar-refractivity contribution in [1.29, 1.82) is 5.26 Å². The molecule has 0 spiro atoms. The van der Waals surface area contributed by atoms with E-state index in [1.807, 2.05) is 31.2 Å². The fourth-order valence-corrected chi connectivity index (χ4v) is 3.11. The van der Waals surface area contributed by atoms with E-state index in [9.17, 15) is 4.79 Å². The average molecular weight is 341 g/mol. The average Bonchev–Trinajstić information content (AvgIpc) is 2.99. The van der Waals surface area contributed by atoms with Crippen LogP contribution in [0.25, 0.3) is 11.0 Å². The van der Waals surface area contributed by atoms with Crippen molar-refractivity contribution in [3.05, 3.63) is 35.6 Å². The Morgan fingerprint density at radius 2 is 2.04 bits per heavy atom. The van der Waals surface area contributed by atoms with Crippen LogP contribution in [0.5, 0.6) is 0 Å². The predicted molar refractivity (Wildman–Crippen MR) is 94.3 cm³/mol. The van der Waals surface area contributed by atoms with Crippen LogP contribution in [0.2, 0.25) is 0 Å². The van der Waals surface area contributed by atoms with Crippen molar-refractivity contribution in [1.82, 2.24) is 9.80 Å². The van der Waals surface area contributed by atoms with Gasteiger partial charge in [-0.15, -0.1) is 0 Å². The second-order valence-corrected chi connectivity index (χ2v) is 6.21. The molecule has 1 aliphatic heterocycles. The molecular weight excluding hydrogens is 318 g/mol. The molecular formula is C19H23N3O3. The Morgan fingerprint density at radius 3 is 2.76 bits per heavy atom. The molecule has 0 radical (unpaired) electrons. The first-order chi connectivity index (χ1) is 12.2. The lowest BCUT2D eigenvalue weighted by Crippen LogP contribution is -2.43. The van der Waals surface area contributed by atoms with E-state index in [0.717, 1.165) is 49.4 Å². The number of aryl methyl sites for hydroxylation is 1. The Morgan fingerprint density at radius 1 is 1.28 bits per heavy atom. The highest BCUT2D eigenvalue weighted by Gasteiger charge is 2.23. The molecule has 0 saturated carbocycles. The minimum absolute atomic E-state index is 0.141. The van der Waals surface area contributed by atoms with E-state index in [2.05, 4.69) is 11.0 Å². The van der Waals surface area contributed by atoms with Gasteiger partial charge in [0.25, 0.3) is 5.91 Å². The normalized spacial score (nSPS) is 15.2. The summed E-state index contributed by atoms with van der Waals surface area (Å²) >= 11 is 0. The number of para-hydroxylation sites is 1. The number of carbonyl (C=O) groups excluding carboxylic acids is 1. The van der Waals surface area contributed by atoms with E-state index < -0.39 is 0 Å². The van der Waals surface area contributed by atoms with Crippen LogP contribution in [0.4, 0.5) is 0 Å². The van der Waals surface area contributed by atoms with Crippen LogP contribution in [0, 0.1) is 18.3 Å². The van der Waals surface area contributed by atoms with Crippen LogP contribution < -0.4 is 0 Å². The van der Waals surface area contributed by atoms with Gasteiger partial charge >= 0.3 is 0 Å². The van der Waals surface area contributed by atoms with Crippen molar-refractivity contribution >= 4 is 16.9 Å². The molecule has 25 heavy (non-hydrogen) atoms. The molecule has 2 heterocycles. The second-order valence-electron chi connectivity index (χ2n) is 6.21. The summed E-state index contributed by atoms with van der Waals surface area (Å²) in [6.07, 6.45) is 0.314. The number of ether oxygens (including phenoxy) is 1. The summed E-state index contributed by atoms with van der Waals surface area (Å²) in [7, 11) is 0. The maximum atomic E-state index is 13.0. The first kappa shape index (κ1) is 17.5. The van der Waals surface area contributed by atoms with Crippen LogP contribution in [-0.4, -0.2) is 61.6 Å². The van der Waals surface area contributed by atoms with Crippen LogP contribution in [0.15, 0.2) is 28.7 Å². The van der Waals surface area contributed by atoms with Gasteiger partial charge in [-0.1, -0.05) is 18.2 Å². The standard InChI is InChI=1S/C19H23N3O3/c1-15-16-5-2-3-6-17(16)25-18(15)19(23)22(8-4-7-20)10-9-21-11-13-24-14-12-21/h2-3,5-6H,4,8-14H2,1H3. The molecule has 3 rings (SSSR count). The molecule has 1 amide bonds. The van der Waals surface area contributed by atoms with Gasteiger partial charge in [0.2, 0.25) is 0 Å². The lowest BCUT2D eigenvalue weighted by molar-refractivity contribution is 0.0322. The third kappa shape index (κ3) is 4.01. The summed E-state index contributed by atoms with van der Waals surface area (Å²) in [4.78, 5) is 17.0. The third-order valence-corrected chi connectivity index (χ3v) is 4.61. The first-order valence-electron chi connectivity index (χ1n) is 8.65. The molecule has 0 N–H and O–H groups in total. The number of furan rings is 1. The minimum atomic E-state index is -0.141. The molecule has 132 valence electrons. The second kappa shape index (κ2) is 8.15. The Kier molecular flexibility index (Phi) is 5.69. The van der Waals surface area contributed by atoms with Gasteiger partial charge < -0.3 is 14.1 Å². The Labute approximate surface area is 147 Å². The molecule has 0 bridgehead atoms. The van der Waals surface area contributed by atoms with Gasteiger partial charge in [-0.3, -0.25) is 9.69 Å². The minimum Gasteiger partial charge on any atom is -0.451 e. The molecule has 0 aliphatic carbocycles. The van der Waals surface area contributed by atoms with Crippen molar-refractivity contribution in [3.8, 4) is 6.07 Å². The van der Waals surface area contributed by atoms with E-state index >= 15 is 0 Å². The largest absolute Gasteiger partial charge is 0.451 e. The van der Waals surface area contributed by atoms with Crippen LogP contribution in [-0.2, 0) is 4.74 Å². The molecule has 2 aromatic rings. The molecule has 6 nitrogen and oxygen atoms in total. The molecule has 1 saturated heterocycles. The molecule has 0 unspecified atom stereocenters. The van der Waals surface area contributed by atoms with Gasteiger partial charge in [-0.2, -0.15) is 5.26 Å². The zero-order valence-corrected chi connectivity index (χ0v) is 14.5. The first-order valence-corrected chi connectivity index (χ1v) is 8.65. The van der Waals surface area contributed by atoms with Gasteiger partial charge in [0.15, 0.2) is 5.76 Å². The van der Waals surface area contributed by atoms with E-state index in [4.69, 9.17) is 14.4 Å². The summed E-state index contributed by atoms with van der Waals surface area (Å²) in [6, 6.07) is 9.78. The zero-order chi connectivity index (χ0) is 17.6. The number of rotatable bonds is 6. The van der Waals surface area contributed by atoms with E-state index in [0.29, 0.717) is 25.3 Å². The maximum absolute atomic E-state index is 13.0. The van der Waals surface area contributed by atoms with Gasteiger partial charge in [-0.05, 0) is 13.0 Å². The number of benzene rings is 1. The van der Waals surface area contributed by atoms with Gasteiger partial charge in [0.1, 0.15) is 5.58 Å². The van der Waals surface area contributed by atoms with Crippen molar-refractivity contribution in [3.63, 3.8) is 0 Å². The van der Waals surface area contributed by atoms with Crippen LogP contribution in [0.1, 0.15) is 22.5 Å². The molecule has 0 atom stereocenters. The quantitative estimate of drug-likeness (QED) is 0.807. The number of amides is 1. The Bertz CT molecular complexity index is 772. The maximum Gasteiger partial charge on any atom is 0.289 e. The Balaban J connectivity index is 1.75. The molecule has 1 aromatic carbocycles. The summed E-state index contributed by atoms with van der Waals surface area (Å²) in [6.45, 7) is 6.90. The monoisotopic (exact) mass is 341 g/mol. The molecule has 1 fully saturated rings. The number of hydrogen-bond acceptors (Lipinski definition) is 5. The fraction of sp³-hybridized carbons (Fsp3) is 0.474. The molecule has 1 aromatic heterocycles. The van der Waals surface area contributed by atoms with Gasteiger partial charge in [0, 0.05) is 43.7 Å². The van der Waals surface area contributed by atoms with Crippen molar-refractivity contribution in [2.45, 2.75) is 13.3 Å². The number of nitriles is 1. The SMILES string of the molecule is Cc1c(C(=O)N(CCC#N)CCN2CCOCC2)oc2ccccc12. The lowest BCUT2D eigenvalue weighted by Gasteiger charge is -2.29. The fourth-order valence-electron chi connectivity index (χ4n) is 3.11. The topological polar surface area (TPSA) is 69.7 Å². The highest BCUT2D eigenvalue weighted by Crippen LogP contribution is 2.26. The summed E-state index contributed by atoms with van der Waals surface area (Å²) in [5.41, 5.74) is 1.57. The zero-order valence-electron chi connectivity index (χ0n) is 14.5. The van der Waals surface area contributed by atoms with Crippen molar-refractivity contribution in [2.24, 2.45) is 0 Å². The molecule has 6 heteroatoms. The van der Waals surface area contributed by atoms with Crippen molar-refractivity contribution < 1.29 is 13.9 Å². The van der Waals surface area contributed by atoms with Gasteiger partial charge in [0.05, 0.1) is 25.7 Å². The third-order valence-electron chi connectivity index (χ3n) is 4.61. The Hall–Kier alpha value is -2.36. The van der Waals surface area contributed by atoms with Crippen LogP contribution >= 0.6 is 0 Å². The highest BCUT2D eigenvalue weighted by atomic mass is 16.5. The molecule has 1 aliphatic rings. The number of morpholine rings is 1. The number of hydrogen-bond donors (Lipinski definition) is 0. The van der Waals surface area contributed by atoms with E-state index in [-0.39, 0.29) is 5.91 Å². The summed E-state index contributed by atoms with van der Waals surface area (Å²) in [5.74, 6) is 0.235. The predicted octanol–water partition coefficient (Wildman–Crippen LogP) is 2.43. The van der Waals surface area contributed by atoms with Crippen LogP contribution in [0.3, 0.4) is 0 Å². The van der Waals surface area contributed by atoms with E-state index in [1.165, 1.54) is 0 Å². The van der Waals surface area contributed by atoms with Gasteiger partial charge in [-0.25, -0.2) is 0 Å². The van der Waals surface area contributed by atoms with Crippen molar-refractivity contribution in [2.75, 3.05) is 45.9 Å². The lowest BCUT2D eigenvalue weighted by atomic mass is 10.1. The highest BCUT2D eigenvalue weighted by molar-refractivity contribution is 5.98. The number of fused-ring (bicyclic) bond motifs is 1. The smallest absolute Gasteiger partial charge is 0.289 e. The van der Waals surface area contributed by atoms with E-state index in [1.54, 1.807) is 4.90 Å². The number of carbonyl (C=O) groups is 1.